The lowest BCUT2D eigenvalue weighted by molar-refractivity contribution is -0.119. The van der Waals surface area contributed by atoms with Gasteiger partial charge >= 0.3 is 17.9 Å². The molecule has 0 aliphatic heterocycles. The number of aromatic nitrogens is 2. The highest BCUT2D eigenvalue weighted by Gasteiger charge is 2.27. The van der Waals surface area contributed by atoms with Crippen molar-refractivity contribution >= 4 is 51.2 Å². The molecular weight excluding hydrogens is 578 g/mol. The first kappa shape index (κ1) is 29.2. The Bertz CT molecular complexity index is 1810. The Labute approximate surface area is 248 Å². The van der Waals surface area contributed by atoms with Crippen molar-refractivity contribution in [2.75, 3.05) is 25.1 Å². The molecule has 1 amide bonds. The number of thiophene rings is 1. The Morgan fingerprint density at radius 2 is 1.44 bits per heavy atom. The van der Waals surface area contributed by atoms with Gasteiger partial charge in [0.15, 0.2) is 18.1 Å². The summed E-state index contributed by atoms with van der Waals surface area (Å²) in [6.45, 7) is 4.42. The van der Waals surface area contributed by atoms with E-state index in [0.29, 0.717) is 39.5 Å². The molecule has 12 nitrogen and oxygen atoms in total. The van der Waals surface area contributed by atoms with E-state index < -0.39 is 30.4 Å². The summed E-state index contributed by atoms with van der Waals surface area (Å²) in [4.78, 5) is 60.0. The average Bonchev–Trinajstić information content (AvgIpc) is 3.77. The van der Waals surface area contributed by atoms with Gasteiger partial charge in [-0.2, -0.15) is 0 Å². The predicted octanol–water partition coefficient (Wildman–Crippen LogP) is 5.67. The molecule has 5 rings (SSSR count). The molecule has 13 heteroatoms. The maximum atomic E-state index is 12.9. The summed E-state index contributed by atoms with van der Waals surface area (Å²) in [5.74, 6) is -1.89. The van der Waals surface area contributed by atoms with Crippen molar-refractivity contribution in [3.63, 3.8) is 0 Å². The number of benzene rings is 1. The fourth-order valence-corrected chi connectivity index (χ4v) is 5.28. The third kappa shape index (κ3) is 6.16. The van der Waals surface area contributed by atoms with E-state index in [4.69, 9.17) is 23.0 Å². The zero-order chi connectivity index (χ0) is 30.5. The van der Waals surface area contributed by atoms with Crippen molar-refractivity contribution < 1.29 is 42.2 Å². The number of nitrogens with zero attached hydrogens (tertiary/aromatic N) is 2. The van der Waals surface area contributed by atoms with E-state index in [-0.39, 0.29) is 34.2 Å². The normalized spacial score (nSPS) is 10.9. The molecule has 1 aromatic carbocycles. The zero-order valence-corrected chi connectivity index (χ0v) is 24.1. The molecule has 0 radical (unpaired) electrons. The van der Waals surface area contributed by atoms with Gasteiger partial charge in [0.1, 0.15) is 21.3 Å². The zero-order valence-electron chi connectivity index (χ0n) is 23.3. The highest BCUT2D eigenvalue weighted by molar-refractivity contribution is 7.18. The van der Waals surface area contributed by atoms with E-state index in [0.717, 1.165) is 11.3 Å². The topological polar surface area (TPSA) is 160 Å². The summed E-state index contributed by atoms with van der Waals surface area (Å²) in [7, 11) is 0. The number of amides is 1. The molecule has 0 unspecified atom stereocenters. The molecule has 0 spiro atoms. The van der Waals surface area contributed by atoms with Gasteiger partial charge in [0.05, 0.1) is 47.9 Å². The van der Waals surface area contributed by atoms with Gasteiger partial charge in [-0.15, -0.1) is 11.3 Å². The molecule has 5 aromatic rings. The number of carbonyl (C=O) groups excluding carboxylic acids is 4. The summed E-state index contributed by atoms with van der Waals surface area (Å²) in [6, 6.07) is 11.5. The predicted molar refractivity (Wildman–Crippen MR) is 155 cm³/mol. The monoisotopic (exact) mass is 603 g/mol. The van der Waals surface area contributed by atoms with Crippen molar-refractivity contribution in [1.29, 1.82) is 0 Å². The van der Waals surface area contributed by atoms with Gasteiger partial charge in [0.25, 0.3) is 5.91 Å². The first-order valence-electron chi connectivity index (χ1n) is 13.1. The summed E-state index contributed by atoms with van der Waals surface area (Å²) in [5, 5.41) is 2.62. The molecule has 0 bridgehead atoms. The van der Waals surface area contributed by atoms with Gasteiger partial charge in [0.2, 0.25) is 0 Å². The van der Waals surface area contributed by atoms with Crippen LogP contribution in [0.15, 0.2) is 63.8 Å². The molecular formula is C30H25N3O9S. The molecule has 4 heterocycles. The number of esters is 3. The van der Waals surface area contributed by atoms with Gasteiger partial charge in [-0.05, 0) is 68.8 Å². The number of anilines is 1. The molecule has 0 fully saturated rings. The number of ether oxygens (including phenoxy) is 3. The number of nitrogens with one attached hydrogen (secondary N) is 1. The SMILES string of the molecule is CCOC(=O)c1sc(NC(=O)COC(=O)c2ccc3nc(-c4ccco4)c(-c4ccco4)nc3c2)c(C(=O)OCC)c1C. The Hall–Kier alpha value is -5.30. The minimum absolute atomic E-state index is 0.0314. The molecule has 0 saturated carbocycles. The number of rotatable bonds is 10. The van der Waals surface area contributed by atoms with Crippen LogP contribution in [0.4, 0.5) is 5.00 Å². The molecule has 0 aliphatic carbocycles. The minimum Gasteiger partial charge on any atom is -0.463 e. The van der Waals surface area contributed by atoms with Crippen molar-refractivity contribution in [3.8, 4) is 22.9 Å². The van der Waals surface area contributed by atoms with Crippen LogP contribution in [0.25, 0.3) is 33.9 Å². The van der Waals surface area contributed by atoms with E-state index in [1.807, 2.05) is 0 Å². The Morgan fingerprint density at radius 3 is 2.05 bits per heavy atom. The molecule has 0 saturated heterocycles. The van der Waals surface area contributed by atoms with Gasteiger partial charge < -0.3 is 28.4 Å². The highest BCUT2D eigenvalue weighted by Crippen LogP contribution is 2.35. The number of furan rings is 2. The molecule has 43 heavy (non-hydrogen) atoms. The Morgan fingerprint density at radius 1 is 0.814 bits per heavy atom. The van der Waals surface area contributed by atoms with Crippen LogP contribution >= 0.6 is 11.3 Å². The van der Waals surface area contributed by atoms with E-state index >= 15 is 0 Å². The lowest BCUT2D eigenvalue weighted by atomic mass is 10.1. The van der Waals surface area contributed by atoms with Crippen molar-refractivity contribution in [3.05, 3.63) is 76.6 Å². The number of hydrogen-bond donors (Lipinski definition) is 1. The lowest BCUT2D eigenvalue weighted by Gasteiger charge is -2.09. The number of carbonyl (C=O) groups is 4. The fourth-order valence-electron chi connectivity index (χ4n) is 4.17. The third-order valence-corrected chi connectivity index (χ3v) is 7.27. The van der Waals surface area contributed by atoms with Crippen LogP contribution in [-0.2, 0) is 19.0 Å². The van der Waals surface area contributed by atoms with E-state index in [1.165, 1.54) is 24.7 Å². The van der Waals surface area contributed by atoms with Gasteiger partial charge in [-0.25, -0.2) is 24.4 Å². The second kappa shape index (κ2) is 12.7. The first-order chi connectivity index (χ1) is 20.8. The van der Waals surface area contributed by atoms with Crippen molar-refractivity contribution in [1.82, 2.24) is 9.97 Å². The first-order valence-corrected chi connectivity index (χ1v) is 14.0. The van der Waals surface area contributed by atoms with Gasteiger partial charge in [-0.3, -0.25) is 4.79 Å². The lowest BCUT2D eigenvalue weighted by Crippen LogP contribution is -2.21. The number of fused-ring (bicyclic) bond motifs is 1. The van der Waals surface area contributed by atoms with E-state index in [2.05, 4.69) is 15.3 Å². The Kier molecular flexibility index (Phi) is 8.62. The number of hydrogen-bond acceptors (Lipinski definition) is 12. The second-order valence-corrected chi connectivity index (χ2v) is 9.93. The maximum Gasteiger partial charge on any atom is 0.348 e. The molecule has 4 aromatic heterocycles. The van der Waals surface area contributed by atoms with Crippen molar-refractivity contribution in [2.45, 2.75) is 20.8 Å². The van der Waals surface area contributed by atoms with Crippen LogP contribution < -0.4 is 5.32 Å². The maximum absolute atomic E-state index is 12.9. The molecule has 220 valence electrons. The summed E-state index contributed by atoms with van der Waals surface area (Å²) < 4.78 is 26.4. The smallest absolute Gasteiger partial charge is 0.348 e. The second-order valence-electron chi connectivity index (χ2n) is 8.90. The molecule has 0 aliphatic rings. The van der Waals surface area contributed by atoms with Gasteiger partial charge in [0, 0.05) is 0 Å². The molecule has 0 atom stereocenters. The van der Waals surface area contributed by atoms with Crippen LogP contribution in [0.5, 0.6) is 0 Å². The van der Waals surface area contributed by atoms with Crippen LogP contribution in [0.1, 0.15) is 49.8 Å². The van der Waals surface area contributed by atoms with Crippen LogP contribution in [-0.4, -0.2) is 53.6 Å². The Balaban J connectivity index is 1.34. The molecule has 1 N–H and O–H groups in total. The summed E-state index contributed by atoms with van der Waals surface area (Å²) >= 11 is 0.872. The van der Waals surface area contributed by atoms with E-state index in [9.17, 15) is 19.2 Å². The highest BCUT2D eigenvalue weighted by atomic mass is 32.1. The standard InChI is InChI=1S/C30H25N3O9S/c1-4-38-29(36)23-16(3)26(30(37)39-5-2)43-27(23)33-22(34)15-42-28(35)17-10-11-18-19(14-17)32-25(21-9-7-13-41-21)24(31-18)20-8-6-12-40-20/h6-14H,4-5,15H2,1-3H3,(H,33,34). The fraction of sp³-hybridized carbons (Fsp3) is 0.200. The van der Waals surface area contributed by atoms with Crippen LogP contribution in [0.2, 0.25) is 0 Å². The summed E-state index contributed by atoms with van der Waals surface area (Å²) in [6.07, 6.45) is 3.04. The van der Waals surface area contributed by atoms with Crippen molar-refractivity contribution in [2.24, 2.45) is 0 Å². The third-order valence-electron chi connectivity index (χ3n) is 6.08. The average molecular weight is 604 g/mol. The minimum atomic E-state index is -0.784. The van der Waals surface area contributed by atoms with E-state index in [1.54, 1.807) is 51.1 Å². The largest absolute Gasteiger partial charge is 0.463 e. The van der Waals surface area contributed by atoms with Crippen LogP contribution in [0.3, 0.4) is 0 Å². The van der Waals surface area contributed by atoms with Crippen LogP contribution in [0, 0.1) is 6.92 Å². The summed E-state index contributed by atoms with van der Waals surface area (Å²) in [5.41, 5.74) is 2.25. The van der Waals surface area contributed by atoms with Gasteiger partial charge in [-0.1, -0.05) is 0 Å². The quantitative estimate of drug-likeness (QED) is 0.155.